The van der Waals surface area contributed by atoms with Crippen LogP contribution in [0.4, 0.5) is 17.1 Å². The zero-order valence-electron chi connectivity index (χ0n) is 17.2. The summed E-state index contributed by atoms with van der Waals surface area (Å²) in [5.41, 5.74) is 3.68. The van der Waals surface area contributed by atoms with Gasteiger partial charge in [0, 0.05) is 37.3 Å². The minimum Gasteiger partial charge on any atom is -0.490 e. The van der Waals surface area contributed by atoms with Gasteiger partial charge < -0.3 is 24.6 Å². The molecule has 7 heteroatoms. The third kappa shape index (κ3) is 4.57. The maximum atomic E-state index is 12.7. The van der Waals surface area contributed by atoms with E-state index >= 15 is 0 Å². The number of hydrogen-bond donors (Lipinski definition) is 1. The van der Waals surface area contributed by atoms with E-state index in [4.69, 9.17) is 9.47 Å². The number of fused-ring (bicyclic) bond motifs is 1. The molecule has 2 amide bonds. The number of nitrogens with one attached hydrogen (secondary N) is 1. The molecule has 7 nitrogen and oxygen atoms in total. The molecule has 0 unspecified atom stereocenters. The van der Waals surface area contributed by atoms with Gasteiger partial charge in [0.1, 0.15) is 12.4 Å². The van der Waals surface area contributed by atoms with Crippen molar-refractivity contribution in [1.29, 1.82) is 0 Å². The van der Waals surface area contributed by atoms with Crippen molar-refractivity contribution in [3.63, 3.8) is 0 Å². The molecule has 0 atom stereocenters. The first-order valence-electron chi connectivity index (χ1n) is 10.4. The van der Waals surface area contributed by atoms with Crippen LogP contribution in [-0.2, 0) is 14.3 Å². The third-order valence-corrected chi connectivity index (χ3v) is 5.46. The van der Waals surface area contributed by atoms with Gasteiger partial charge in [-0.1, -0.05) is 12.1 Å². The maximum Gasteiger partial charge on any atom is 0.227 e. The lowest BCUT2D eigenvalue weighted by atomic mass is 10.1. The van der Waals surface area contributed by atoms with E-state index in [1.807, 2.05) is 43.3 Å². The smallest absolute Gasteiger partial charge is 0.227 e. The van der Waals surface area contributed by atoms with E-state index in [9.17, 15) is 9.59 Å². The van der Waals surface area contributed by atoms with Crippen LogP contribution in [0.5, 0.6) is 5.75 Å². The van der Waals surface area contributed by atoms with Crippen molar-refractivity contribution in [3.05, 3.63) is 48.0 Å². The third-order valence-electron chi connectivity index (χ3n) is 5.46. The van der Waals surface area contributed by atoms with Crippen LogP contribution in [0.15, 0.2) is 42.5 Å². The lowest BCUT2D eigenvalue weighted by Gasteiger charge is -2.29. The van der Waals surface area contributed by atoms with Gasteiger partial charge in [-0.25, -0.2) is 0 Å². The van der Waals surface area contributed by atoms with Gasteiger partial charge in [0.15, 0.2) is 0 Å². The molecule has 1 fully saturated rings. The van der Waals surface area contributed by atoms with Crippen LogP contribution in [0.25, 0.3) is 0 Å². The van der Waals surface area contributed by atoms with Crippen LogP contribution in [0, 0.1) is 6.92 Å². The van der Waals surface area contributed by atoms with Gasteiger partial charge in [-0.2, -0.15) is 0 Å². The molecule has 2 aromatic carbocycles. The average molecular weight is 409 g/mol. The number of carbonyl (C=O) groups is 2. The summed E-state index contributed by atoms with van der Waals surface area (Å²) in [5, 5.41) is 2.94. The normalized spacial score (nSPS) is 15.9. The second kappa shape index (κ2) is 9.17. The Morgan fingerprint density at radius 3 is 2.60 bits per heavy atom. The summed E-state index contributed by atoms with van der Waals surface area (Å²) in [6, 6.07) is 13.5. The van der Waals surface area contributed by atoms with Gasteiger partial charge in [0.2, 0.25) is 11.8 Å². The van der Waals surface area contributed by atoms with Gasteiger partial charge in [0.25, 0.3) is 0 Å². The molecule has 0 bridgehead atoms. The summed E-state index contributed by atoms with van der Waals surface area (Å²) >= 11 is 0. The van der Waals surface area contributed by atoms with Gasteiger partial charge in [-0.15, -0.1) is 0 Å². The molecule has 1 saturated heterocycles. The number of amides is 2. The van der Waals surface area contributed by atoms with E-state index in [-0.39, 0.29) is 24.7 Å². The van der Waals surface area contributed by atoms with E-state index in [0.717, 1.165) is 48.9 Å². The van der Waals surface area contributed by atoms with Crippen molar-refractivity contribution in [2.24, 2.45) is 0 Å². The molecule has 0 saturated carbocycles. The molecule has 2 aromatic rings. The summed E-state index contributed by atoms with van der Waals surface area (Å²) in [4.78, 5) is 29.1. The van der Waals surface area contributed by atoms with Crippen LogP contribution in [0.2, 0.25) is 0 Å². The first-order valence-corrected chi connectivity index (χ1v) is 10.4. The predicted octanol–water partition coefficient (Wildman–Crippen LogP) is 2.98. The Balaban J connectivity index is 1.32. The SMILES string of the molecule is Cc1cc(N2CCOCC2)ccc1NC(=O)CCC(=O)N1CCOc2ccccc21. The Labute approximate surface area is 176 Å². The molecule has 1 N–H and O–H groups in total. The summed E-state index contributed by atoms with van der Waals surface area (Å²) in [6.07, 6.45) is 0.300. The number of ether oxygens (including phenoxy) is 2. The van der Waals surface area contributed by atoms with Crippen molar-refractivity contribution < 1.29 is 19.1 Å². The number of benzene rings is 2. The quantitative estimate of drug-likeness (QED) is 0.822. The topological polar surface area (TPSA) is 71.1 Å². The van der Waals surface area contributed by atoms with E-state index in [1.54, 1.807) is 4.90 Å². The van der Waals surface area contributed by atoms with Gasteiger partial charge in [-0.05, 0) is 42.8 Å². The molecule has 0 aliphatic carbocycles. The molecule has 0 aromatic heterocycles. The number of anilines is 3. The lowest BCUT2D eigenvalue weighted by molar-refractivity contribution is -0.122. The number of morpholine rings is 1. The van der Waals surface area contributed by atoms with Gasteiger partial charge >= 0.3 is 0 Å². The molecule has 158 valence electrons. The molecular formula is C23H27N3O4. The second-order valence-corrected chi connectivity index (χ2v) is 7.51. The van der Waals surface area contributed by atoms with Gasteiger partial charge in [0.05, 0.1) is 25.4 Å². The van der Waals surface area contributed by atoms with Crippen molar-refractivity contribution >= 4 is 28.9 Å². The number of para-hydroxylation sites is 2. The number of rotatable bonds is 5. The number of nitrogens with zero attached hydrogens (tertiary/aromatic N) is 2. The van der Waals surface area contributed by atoms with Gasteiger partial charge in [-0.3, -0.25) is 9.59 Å². The highest BCUT2D eigenvalue weighted by molar-refractivity contribution is 5.99. The number of aryl methyl sites for hydroxylation is 1. The number of carbonyl (C=O) groups excluding carboxylic acids is 2. The Morgan fingerprint density at radius 2 is 1.80 bits per heavy atom. The highest BCUT2D eigenvalue weighted by Gasteiger charge is 2.23. The largest absolute Gasteiger partial charge is 0.490 e. The summed E-state index contributed by atoms with van der Waals surface area (Å²) in [7, 11) is 0. The molecule has 0 spiro atoms. The fourth-order valence-corrected chi connectivity index (χ4v) is 3.80. The van der Waals surface area contributed by atoms with Crippen molar-refractivity contribution in [3.8, 4) is 5.75 Å². The molecule has 2 aliphatic rings. The minimum absolute atomic E-state index is 0.0692. The highest BCUT2D eigenvalue weighted by Crippen LogP contribution is 2.31. The Kier molecular flexibility index (Phi) is 6.18. The van der Waals surface area contributed by atoms with Crippen LogP contribution in [-0.4, -0.2) is 51.3 Å². The standard InChI is InChI=1S/C23H27N3O4/c1-17-16-18(25-10-13-29-14-11-25)6-7-19(17)24-22(27)8-9-23(28)26-12-15-30-21-5-3-2-4-20(21)26/h2-7,16H,8-15H2,1H3,(H,24,27). The zero-order valence-corrected chi connectivity index (χ0v) is 17.2. The first-order chi connectivity index (χ1) is 14.6. The fourth-order valence-electron chi connectivity index (χ4n) is 3.80. The highest BCUT2D eigenvalue weighted by atomic mass is 16.5. The second-order valence-electron chi connectivity index (χ2n) is 7.51. The van der Waals surface area contributed by atoms with Crippen molar-refractivity contribution in [1.82, 2.24) is 0 Å². The van der Waals surface area contributed by atoms with Crippen LogP contribution >= 0.6 is 0 Å². The molecule has 2 aliphatic heterocycles. The summed E-state index contributed by atoms with van der Waals surface area (Å²) < 4.78 is 11.0. The van der Waals surface area contributed by atoms with Crippen LogP contribution in [0.1, 0.15) is 18.4 Å². The molecular weight excluding hydrogens is 382 g/mol. The van der Waals surface area contributed by atoms with E-state index in [1.165, 1.54) is 0 Å². The molecule has 2 heterocycles. The monoisotopic (exact) mass is 409 g/mol. The van der Waals surface area contributed by atoms with Crippen LogP contribution in [0.3, 0.4) is 0 Å². The zero-order chi connectivity index (χ0) is 20.9. The molecule has 0 radical (unpaired) electrons. The average Bonchev–Trinajstić information content (AvgIpc) is 2.79. The van der Waals surface area contributed by atoms with Crippen LogP contribution < -0.4 is 19.9 Å². The molecule has 4 rings (SSSR count). The number of hydrogen-bond acceptors (Lipinski definition) is 5. The Bertz CT molecular complexity index is 924. The Hall–Kier alpha value is -3.06. The minimum atomic E-state index is -0.160. The van der Waals surface area contributed by atoms with Crippen molar-refractivity contribution in [2.45, 2.75) is 19.8 Å². The fraction of sp³-hybridized carbons (Fsp3) is 0.391. The Morgan fingerprint density at radius 1 is 1.00 bits per heavy atom. The van der Waals surface area contributed by atoms with E-state index in [0.29, 0.717) is 18.9 Å². The van der Waals surface area contributed by atoms with E-state index < -0.39 is 0 Å². The first kappa shape index (κ1) is 20.2. The summed E-state index contributed by atoms with van der Waals surface area (Å²) in [6.45, 7) is 6.16. The predicted molar refractivity (Wildman–Crippen MR) is 116 cm³/mol. The molecule has 30 heavy (non-hydrogen) atoms. The van der Waals surface area contributed by atoms with Crippen molar-refractivity contribution in [2.75, 3.05) is 54.6 Å². The maximum absolute atomic E-state index is 12.7. The van der Waals surface area contributed by atoms with E-state index in [2.05, 4.69) is 16.3 Å². The lowest BCUT2D eigenvalue weighted by Crippen LogP contribution is -2.38. The summed E-state index contributed by atoms with van der Waals surface area (Å²) in [5.74, 6) is 0.477.